The van der Waals surface area contributed by atoms with Crippen molar-refractivity contribution in [2.75, 3.05) is 49.7 Å². The van der Waals surface area contributed by atoms with Gasteiger partial charge in [-0.25, -0.2) is 4.79 Å². The van der Waals surface area contributed by atoms with E-state index in [-0.39, 0.29) is 69.0 Å². The first kappa shape index (κ1) is 90.2. The van der Waals surface area contributed by atoms with Gasteiger partial charge in [0.25, 0.3) is 0 Å². The predicted molar refractivity (Wildman–Crippen MR) is 389 cm³/mol. The number of thioether (sulfide) groups is 1. The molecule has 42 heteroatoms. The Balaban J connectivity index is 1.86. The van der Waals surface area contributed by atoms with Crippen LogP contribution in [0, 0.1) is 17.2 Å². The van der Waals surface area contributed by atoms with Crippen LogP contribution in [0.5, 0.6) is 0 Å². The summed E-state index contributed by atoms with van der Waals surface area (Å²) < 4.78 is 0. The van der Waals surface area contributed by atoms with Gasteiger partial charge in [-0.1, -0.05) is 45.9 Å². The molecule has 1 aromatic carbocycles. The van der Waals surface area contributed by atoms with E-state index in [1.54, 1.807) is 50.6 Å². The van der Waals surface area contributed by atoms with E-state index in [0.29, 0.717) is 22.9 Å². The van der Waals surface area contributed by atoms with Crippen LogP contribution in [0.3, 0.4) is 0 Å². The molecule has 1 aliphatic rings. The summed E-state index contributed by atoms with van der Waals surface area (Å²) in [5, 5.41) is 78.1. The number of rotatable bonds is 47. The largest absolute Gasteiger partial charge is 0.481 e. The van der Waals surface area contributed by atoms with Gasteiger partial charge in [-0.3, -0.25) is 82.1 Å². The first-order valence-corrected chi connectivity index (χ1v) is 36.4. The van der Waals surface area contributed by atoms with E-state index in [4.69, 9.17) is 16.9 Å². The topological polar surface area (TPSA) is 622 Å². The number of hydrogen-bond donors (Lipinski definition) is 23. The number of aromatic nitrogens is 1. The molecule has 0 bridgehead atoms. The van der Waals surface area contributed by atoms with E-state index >= 15 is 0 Å². The highest BCUT2D eigenvalue weighted by atomic mass is 32.2. The molecule has 588 valence electrons. The van der Waals surface area contributed by atoms with Crippen molar-refractivity contribution >= 4 is 155 Å². The number of nitrogens with two attached hydrogens (primary N) is 2. The zero-order chi connectivity index (χ0) is 79.7. The molecule has 0 saturated carbocycles. The van der Waals surface area contributed by atoms with Crippen LogP contribution >= 0.6 is 37.0 Å². The van der Waals surface area contributed by atoms with Gasteiger partial charge in [-0.2, -0.15) is 37.0 Å². The molecular weight excluding hydrogens is 1450 g/mol. The van der Waals surface area contributed by atoms with Crippen LogP contribution in [0.2, 0.25) is 0 Å². The van der Waals surface area contributed by atoms with Gasteiger partial charge in [0.1, 0.15) is 66.5 Å². The normalized spacial score (nSPS) is 15.7. The van der Waals surface area contributed by atoms with Crippen LogP contribution in [0.25, 0.3) is 10.9 Å². The number of H-pyrrole nitrogens is 1. The van der Waals surface area contributed by atoms with Crippen LogP contribution in [0.4, 0.5) is 0 Å². The Hall–Kier alpha value is -9.97. The van der Waals surface area contributed by atoms with Gasteiger partial charge in [0, 0.05) is 54.5 Å². The second kappa shape index (κ2) is 45.4. The number of hydrogen-bond acceptors (Lipinski definition) is 22. The van der Waals surface area contributed by atoms with Gasteiger partial charge >= 0.3 is 23.9 Å². The van der Waals surface area contributed by atoms with Crippen molar-refractivity contribution in [3.8, 4) is 0 Å². The molecule has 12 atom stereocenters. The molecule has 1 saturated heterocycles. The molecule has 1 fully saturated rings. The maximum Gasteiger partial charge on any atom is 0.326 e. The lowest BCUT2D eigenvalue weighted by atomic mass is 9.99. The molecule has 13 amide bonds. The van der Waals surface area contributed by atoms with E-state index in [1.165, 1.54) is 25.6 Å². The number of benzene rings is 1. The van der Waals surface area contributed by atoms with Crippen molar-refractivity contribution in [3.63, 3.8) is 0 Å². The molecule has 106 heavy (non-hydrogen) atoms. The summed E-state index contributed by atoms with van der Waals surface area (Å²) in [6, 6.07) is -11.4. The van der Waals surface area contributed by atoms with E-state index in [2.05, 4.69) is 99.4 Å². The lowest BCUT2D eigenvalue weighted by Gasteiger charge is -2.29. The molecule has 1 aromatic heterocycles. The molecule has 1 aliphatic heterocycles. The highest BCUT2D eigenvalue weighted by Gasteiger charge is 2.41. The summed E-state index contributed by atoms with van der Waals surface area (Å²) in [5.41, 5.74) is 12.3. The number of nitrogens with zero attached hydrogens (tertiary/aromatic N) is 1. The molecule has 3 rings (SSSR count). The van der Waals surface area contributed by atoms with Crippen molar-refractivity contribution in [3.05, 3.63) is 36.0 Å². The fourth-order valence-electron chi connectivity index (χ4n) is 10.7. The maximum atomic E-state index is 14.6. The zero-order valence-corrected chi connectivity index (χ0v) is 61.9. The summed E-state index contributed by atoms with van der Waals surface area (Å²) in [4.78, 5) is 230. The van der Waals surface area contributed by atoms with Gasteiger partial charge in [0.15, 0.2) is 5.96 Å². The number of amides is 13. The molecule has 0 aliphatic carbocycles. The third-order valence-electron chi connectivity index (χ3n) is 16.3. The average Bonchev–Trinajstić information content (AvgIpc) is 1.75. The summed E-state index contributed by atoms with van der Waals surface area (Å²) in [6.45, 7) is 6.15. The first-order valence-electron chi connectivity index (χ1n) is 33.8. The number of para-hydroxylation sites is 1. The summed E-state index contributed by atoms with van der Waals surface area (Å²) >= 11 is 9.42. The predicted octanol–water partition coefficient (Wildman–Crippen LogP) is -5.39. The number of aromatic amines is 1. The molecule has 2 aromatic rings. The number of aliphatic carboxylic acids is 4. The number of nitrogens with one attached hydrogen (secondary N) is 15. The van der Waals surface area contributed by atoms with E-state index in [1.807, 2.05) is 0 Å². The van der Waals surface area contributed by atoms with Crippen LogP contribution in [-0.4, -0.2) is 259 Å². The molecular formula is C64H98N18O21S3. The Kier molecular flexibility index (Phi) is 38.7. The van der Waals surface area contributed by atoms with E-state index in [9.17, 15) is 102 Å². The summed E-state index contributed by atoms with van der Waals surface area (Å²) in [5.74, 6) is -20.7. The zero-order valence-electron chi connectivity index (χ0n) is 59.3. The molecule has 23 N–H and O–H groups in total. The lowest BCUT2D eigenvalue weighted by molar-refractivity contribution is -0.150. The number of likely N-dealkylation sites (tertiary alicyclic amines) is 1. The van der Waals surface area contributed by atoms with Gasteiger partial charge in [-0.05, 0) is 87.3 Å². The maximum absolute atomic E-state index is 14.6. The van der Waals surface area contributed by atoms with Gasteiger partial charge in [-0.15, -0.1) is 0 Å². The number of thiol groups is 2. The average molecular weight is 1550 g/mol. The van der Waals surface area contributed by atoms with Gasteiger partial charge in [0.2, 0.25) is 76.8 Å². The second-order valence-electron chi connectivity index (χ2n) is 25.6. The Bertz CT molecular complexity index is 3490. The van der Waals surface area contributed by atoms with Crippen molar-refractivity contribution in [2.45, 2.75) is 178 Å². The van der Waals surface area contributed by atoms with Crippen LogP contribution < -0.4 is 80.6 Å². The minimum absolute atomic E-state index is 0.00984. The van der Waals surface area contributed by atoms with Crippen molar-refractivity contribution in [2.24, 2.45) is 23.3 Å². The van der Waals surface area contributed by atoms with Crippen molar-refractivity contribution in [1.29, 1.82) is 5.41 Å². The monoisotopic (exact) mass is 1550 g/mol. The number of fused-ring (bicyclic) bond motifs is 1. The standard InChI is InChI=1S/C64H98N18O21S3/c1-30(2)21-43(62(101)82-19-10-14-45(82)63(102)103)79-58(97)42(24-50(89)90)77-52(91)32(5)72-57(96)41(23-49(87)88)78-60(99)44(29-105)80-55(94)37(13-9-18-68-64(66)67)76-61(100)51(31(3)4)81-59(98)40(22-33-25-69-36-12-8-7-11-34(33)36)74-47(84)27-71-54(93)39(17-20-106-6)75-56(95)38(15-16-48(85)86)73-46(83)26-70-53(92)35(65)28-104/h7-8,11-12,25,30-32,35,37-45,51,69,104-105H,9-10,13-24,26-29,65H2,1-6H3,(H,70,92)(H,71,93)(H,72,96)(H,73,83)(H,74,84)(H,75,95)(H,76,100)(H,77,91)(H,78,99)(H,79,97)(H,80,94)(H,81,98)(H,85,86)(H,87,88)(H,89,90)(H,102,103)(H4,66,67,68)/t32-,35-,37-,38-,39-,40-,41-,42-,43-,44-,45-,51-/m0/s1. The lowest BCUT2D eigenvalue weighted by Crippen LogP contribution is -2.61. The van der Waals surface area contributed by atoms with Crippen LogP contribution in [0.15, 0.2) is 30.5 Å². The summed E-state index contributed by atoms with van der Waals surface area (Å²) in [6.07, 6.45) is 0.0847. The van der Waals surface area contributed by atoms with Crippen molar-refractivity contribution < 1.29 is 102 Å². The SMILES string of the molecule is CSCC[C@H](NC(=O)[C@H](CCC(=O)O)NC(=O)CNC(=O)[C@@H](N)CS)C(=O)NCC(=O)N[C@@H](Cc1c[nH]c2ccccc12)C(=O)N[C@H](C(=O)N[C@@H](CCCNC(=N)N)C(=O)N[C@@H](CS)C(=O)N[C@@H](CC(=O)O)C(=O)N[C@@H](C)C(=O)N[C@@H](CC(=O)O)C(=O)N[C@@H](CC(C)C)C(=O)N1CCC[C@H]1C(=O)O)C(C)C. The highest BCUT2D eigenvalue weighted by Crippen LogP contribution is 2.22. The molecule has 0 radical (unpaired) electrons. The number of carbonyl (C=O) groups is 17. The Morgan fingerprint density at radius 1 is 0.585 bits per heavy atom. The molecule has 39 nitrogen and oxygen atoms in total. The highest BCUT2D eigenvalue weighted by molar-refractivity contribution is 7.98. The van der Waals surface area contributed by atoms with Crippen LogP contribution in [-0.2, 0) is 87.9 Å². The summed E-state index contributed by atoms with van der Waals surface area (Å²) in [7, 11) is 0. The Morgan fingerprint density at radius 3 is 1.65 bits per heavy atom. The molecule has 0 spiro atoms. The van der Waals surface area contributed by atoms with Gasteiger partial charge in [0.05, 0.1) is 32.0 Å². The number of guanidine groups is 1. The number of carboxylic acids is 4. The Morgan fingerprint density at radius 2 is 1.09 bits per heavy atom. The van der Waals surface area contributed by atoms with E-state index in [0.717, 1.165) is 11.8 Å². The smallest absolute Gasteiger partial charge is 0.326 e. The van der Waals surface area contributed by atoms with Crippen molar-refractivity contribution in [1.82, 2.24) is 79.0 Å². The minimum atomic E-state index is -2.01. The van der Waals surface area contributed by atoms with Gasteiger partial charge < -0.3 is 111 Å². The second-order valence-corrected chi connectivity index (χ2v) is 27.3. The Labute approximate surface area is 624 Å². The number of carboxylic acid groups (broad SMARTS) is 4. The number of carbonyl (C=O) groups excluding carboxylic acids is 13. The van der Waals surface area contributed by atoms with E-state index < -0.39 is 230 Å². The first-order chi connectivity index (χ1) is 49.9. The third-order valence-corrected chi connectivity index (χ3v) is 17.7. The van der Waals surface area contributed by atoms with Crippen LogP contribution in [0.1, 0.15) is 104 Å². The molecule has 2 heterocycles. The fourth-order valence-corrected chi connectivity index (χ4v) is 11.6. The quantitative estimate of drug-likeness (QED) is 0.0127. The molecule has 0 unspecified atom stereocenters. The third kappa shape index (κ3) is 31.0. The fraction of sp³-hybridized carbons (Fsp3) is 0.594. The minimum Gasteiger partial charge on any atom is -0.481 e.